The molecule has 2 saturated heterocycles. The van der Waals surface area contributed by atoms with Gasteiger partial charge in [0.2, 0.25) is 5.91 Å². The summed E-state index contributed by atoms with van der Waals surface area (Å²) in [5.41, 5.74) is 0. The van der Waals surface area contributed by atoms with Crippen LogP contribution in [0.3, 0.4) is 0 Å². The molecule has 9 N–H and O–H groups in total. The molecule has 2 aliphatic heterocycles. The van der Waals surface area contributed by atoms with E-state index in [2.05, 4.69) is 67.8 Å². The molecular formula is C92H171NO13. The van der Waals surface area contributed by atoms with Gasteiger partial charge in [0, 0.05) is 6.42 Å². The Labute approximate surface area is 651 Å². The van der Waals surface area contributed by atoms with E-state index in [1.807, 2.05) is 6.08 Å². The molecule has 2 aliphatic rings. The summed E-state index contributed by atoms with van der Waals surface area (Å²) in [6.45, 7) is 2.84. The molecule has 622 valence electrons. The van der Waals surface area contributed by atoms with Crippen LogP contribution < -0.4 is 5.32 Å². The molecule has 1 amide bonds. The molecular weight excluding hydrogens is 1330 g/mol. The molecule has 0 saturated carbocycles. The SMILES string of the molecule is CCCCCCC/C=C\C/C=C\C/C=C\CCCCCCCCCCCCCCCCCCCCCCCCCCCCC(=O)NC(COC1OC(CO)C(OC2OC(CO)C(O)C(O)C2O)C(O)C1O)C(O)/C=C/CC/C=C/CCCCCCCCCCCCCCCCCCCCCCCCCCC. The Bertz CT molecular complexity index is 2020. The predicted octanol–water partition coefficient (Wildman–Crippen LogP) is 22.3. The van der Waals surface area contributed by atoms with E-state index in [0.29, 0.717) is 12.8 Å². The summed E-state index contributed by atoms with van der Waals surface area (Å²) in [4.78, 5) is 13.4. The highest BCUT2D eigenvalue weighted by atomic mass is 16.7. The lowest BCUT2D eigenvalue weighted by atomic mass is 9.97. The van der Waals surface area contributed by atoms with Crippen LogP contribution in [0.15, 0.2) is 60.8 Å². The van der Waals surface area contributed by atoms with Crippen LogP contribution in [0.5, 0.6) is 0 Å². The van der Waals surface area contributed by atoms with E-state index in [0.717, 1.165) is 44.9 Å². The minimum absolute atomic E-state index is 0.241. The van der Waals surface area contributed by atoms with Crippen molar-refractivity contribution in [1.29, 1.82) is 0 Å². The van der Waals surface area contributed by atoms with Crippen molar-refractivity contribution in [3.05, 3.63) is 60.8 Å². The second-order valence-electron chi connectivity index (χ2n) is 32.1. The minimum atomic E-state index is -1.79. The number of ether oxygens (including phenoxy) is 4. The molecule has 2 rings (SSSR count). The van der Waals surface area contributed by atoms with Crippen molar-refractivity contribution in [3.63, 3.8) is 0 Å². The van der Waals surface area contributed by atoms with E-state index in [1.54, 1.807) is 6.08 Å². The number of carbonyl (C=O) groups is 1. The lowest BCUT2D eigenvalue weighted by molar-refractivity contribution is -0.359. The quantitative estimate of drug-likeness (QED) is 0.0204. The normalized spacial score (nSPS) is 21.5. The van der Waals surface area contributed by atoms with E-state index in [4.69, 9.17) is 18.9 Å². The molecule has 12 atom stereocenters. The fraction of sp³-hybridized carbons (Fsp3) is 0.880. The van der Waals surface area contributed by atoms with Gasteiger partial charge in [-0.1, -0.05) is 408 Å². The van der Waals surface area contributed by atoms with Gasteiger partial charge >= 0.3 is 0 Å². The largest absolute Gasteiger partial charge is 0.394 e. The summed E-state index contributed by atoms with van der Waals surface area (Å²) < 4.78 is 22.9. The van der Waals surface area contributed by atoms with Crippen molar-refractivity contribution in [3.8, 4) is 0 Å². The third-order valence-electron chi connectivity index (χ3n) is 22.2. The van der Waals surface area contributed by atoms with E-state index < -0.39 is 86.8 Å². The molecule has 14 heteroatoms. The first-order valence-corrected chi connectivity index (χ1v) is 45.5. The highest BCUT2D eigenvalue weighted by Crippen LogP contribution is 2.31. The maximum Gasteiger partial charge on any atom is 0.220 e. The zero-order valence-electron chi connectivity index (χ0n) is 68.7. The smallest absolute Gasteiger partial charge is 0.220 e. The molecule has 12 unspecified atom stereocenters. The summed E-state index contributed by atoms with van der Waals surface area (Å²) in [5.74, 6) is -0.241. The molecule has 2 heterocycles. The predicted molar refractivity (Wildman–Crippen MR) is 443 cm³/mol. The van der Waals surface area contributed by atoms with Crippen LogP contribution in [0.25, 0.3) is 0 Å². The molecule has 0 radical (unpaired) electrons. The van der Waals surface area contributed by atoms with Crippen molar-refractivity contribution in [1.82, 2.24) is 5.32 Å². The van der Waals surface area contributed by atoms with Gasteiger partial charge in [-0.15, -0.1) is 0 Å². The lowest BCUT2D eigenvalue weighted by Crippen LogP contribution is -2.65. The van der Waals surface area contributed by atoms with Crippen molar-refractivity contribution in [2.75, 3.05) is 19.8 Å². The molecule has 0 aromatic carbocycles. The standard InChI is InChI=1S/C92H171NO13/c1-3-5-7-9-11-13-15-17-19-21-23-25-27-29-31-33-35-36-37-38-39-40-41-42-43-44-46-48-50-52-54-56-58-60-62-64-66-68-70-72-74-76-84(97)93-80(79-103-91-89(102)87(100)90(83(78-95)105-91)106-92-88(101)86(99)85(98)82(77-94)104-92)81(96)75-73-71-69-67-65-63-61-59-57-55-53-51-49-47-45-34-32-30-28-26-24-22-20-18-16-14-12-10-8-6-4-2/h15,17,21,23,27,29,65,67,73,75,80-83,85-92,94-96,98-102H,3-14,16,18-20,22,24-26,28,30-64,66,68-72,74,76-79H2,1-2H3,(H,93,97)/b17-15-,23-21-,29-27-,67-65+,75-73+. The Hall–Kier alpha value is -2.31. The highest BCUT2D eigenvalue weighted by molar-refractivity contribution is 5.76. The molecule has 0 aliphatic carbocycles. The van der Waals surface area contributed by atoms with E-state index in [1.165, 1.54) is 347 Å². The van der Waals surface area contributed by atoms with Gasteiger partial charge in [-0.2, -0.15) is 0 Å². The summed E-state index contributed by atoms with van der Waals surface area (Å²) in [7, 11) is 0. The Morgan fingerprint density at radius 3 is 0.991 bits per heavy atom. The minimum Gasteiger partial charge on any atom is -0.394 e. The van der Waals surface area contributed by atoms with Gasteiger partial charge in [0.25, 0.3) is 0 Å². The number of nitrogens with one attached hydrogen (secondary N) is 1. The van der Waals surface area contributed by atoms with Gasteiger partial charge in [-0.3, -0.25) is 4.79 Å². The van der Waals surface area contributed by atoms with Gasteiger partial charge < -0.3 is 65.1 Å². The van der Waals surface area contributed by atoms with E-state index in [9.17, 15) is 45.6 Å². The first-order valence-electron chi connectivity index (χ1n) is 45.5. The number of hydrogen-bond acceptors (Lipinski definition) is 13. The average molecular weight is 1500 g/mol. The fourth-order valence-electron chi connectivity index (χ4n) is 15.0. The second kappa shape index (κ2) is 75.4. The van der Waals surface area contributed by atoms with Crippen molar-refractivity contribution in [2.24, 2.45) is 0 Å². The molecule has 0 bridgehead atoms. The van der Waals surface area contributed by atoms with Crippen LogP contribution in [-0.2, 0) is 23.7 Å². The number of carbonyl (C=O) groups excluding carboxylic acids is 1. The van der Waals surface area contributed by atoms with Crippen LogP contribution in [0.2, 0.25) is 0 Å². The zero-order valence-corrected chi connectivity index (χ0v) is 68.7. The Morgan fingerprint density at radius 1 is 0.340 bits per heavy atom. The lowest BCUT2D eigenvalue weighted by Gasteiger charge is -2.46. The number of hydrogen-bond donors (Lipinski definition) is 9. The number of aliphatic hydroxyl groups is 8. The average Bonchev–Trinajstić information content (AvgIpc) is 0.790. The summed E-state index contributed by atoms with van der Waals surface area (Å²) in [6, 6.07) is -0.934. The first-order chi connectivity index (χ1) is 52.1. The van der Waals surface area contributed by atoms with Crippen LogP contribution in [0.4, 0.5) is 0 Å². The Kier molecular flexibility index (Phi) is 70.9. The Balaban J connectivity index is 1.56. The van der Waals surface area contributed by atoms with Gasteiger partial charge in [0.05, 0.1) is 32.0 Å². The summed E-state index contributed by atoms with van der Waals surface area (Å²) in [6.07, 6.45) is 87.8. The van der Waals surface area contributed by atoms with Crippen LogP contribution in [0.1, 0.15) is 425 Å². The molecule has 106 heavy (non-hydrogen) atoms. The third-order valence-corrected chi connectivity index (χ3v) is 22.2. The zero-order chi connectivity index (χ0) is 76.5. The number of amides is 1. The van der Waals surface area contributed by atoms with Gasteiger partial charge in [-0.25, -0.2) is 0 Å². The maximum atomic E-state index is 13.4. The first kappa shape index (κ1) is 99.8. The monoisotopic (exact) mass is 1500 g/mol. The second-order valence-corrected chi connectivity index (χ2v) is 32.1. The van der Waals surface area contributed by atoms with Crippen LogP contribution >= 0.6 is 0 Å². The molecule has 14 nitrogen and oxygen atoms in total. The molecule has 2 fully saturated rings. The van der Waals surface area contributed by atoms with Crippen LogP contribution in [0, 0.1) is 0 Å². The van der Waals surface area contributed by atoms with E-state index >= 15 is 0 Å². The summed E-state index contributed by atoms with van der Waals surface area (Å²) >= 11 is 0. The van der Waals surface area contributed by atoms with Crippen molar-refractivity contribution < 1.29 is 64.6 Å². The van der Waals surface area contributed by atoms with Crippen molar-refractivity contribution >= 4 is 5.91 Å². The van der Waals surface area contributed by atoms with Crippen molar-refractivity contribution in [2.45, 2.75) is 498 Å². The summed E-state index contributed by atoms with van der Waals surface area (Å²) in [5, 5.41) is 87.8. The number of aliphatic hydroxyl groups excluding tert-OH is 8. The highest BCUT2D eigenvalue weighted by Gasteiger charge is 2.51. The number of rotatable bonds is 78. The third kappa shape index (κ3) is 56.8. The molecule has 0 aromatic heterocycles. The fourth-order valence-corrected chi connectivity index (χ4v) is 15.0. The number of allylic oxidation sites excluding steroid dienone is 9. The van der Waals surface area contributed by atoms with Crippen LogP contribution in [-0.4, -0.2) is 140 Å². The van der Waals surface area contributed by atoms with E-state index in [-0.39, 0.29) is 18.9 Å². The molecule has 0 aromatic rings. The molecule has 0 spiro atoms. The van der Waals surface area contributed by atoms with Gasteiger partial charge in [0.1, 0.15) is 48.8 Å². The Morgan fingerprint density at radius 2 is 0.632 bits per heavy atom. The number of unbranched alkanes of at least 4 members (excludes halogenated alkanes) is 57. The topological polar surface area (TPSA) is 228 Å². The maximum absolute atomic E-state index is 13.4. The van der Waals surface area contributed by atoms with Gasteiger partial charge in [-0.05, 0) is 70.6 Å². The van der Waals surface area contributed by atoms with Gasteiger partial charge in [0.15, 0.2) is 12.6 Å².